The quantitative estimate of drug-likeness (QED) is 0.859. The van der Waals surface area contributed by atoms with E-state index in [2.05, 4.69) is 15.0 Å². The van der Waals surface area contributed by atoms with Gasteiger partial charge in [0.1, 0.15) is 10.7 Å². The molecule has 6 nitrogen and oxygen atoms in total. The van der Waals surface area contributed by atoms with Gasteiger partial charge in [-0.2, -0.15) is 8.42 Å². The standard InChI is InChI=1S/C18H19N3O3S/c1-13-6-4-7-14(12-13)19-18(22)11-5-10-17-20-15-8-2-3-9-16(15)25(23,24)21-17/h2-4,6-9,12H,5,10-11H2,1H3,(H,19,22)(H,20,21). The van der Waals surface area contributed by atoms with Crippen molar-refractivity contribution in [3.63, 3.8) is 0 Å². The Morgan fingerprint density at radius 1 is 1.16 bits per heavy atom. The Balaban J connectivity index is 1.56. The molecule has 0 unspecified atom stereocenters. The first kappa shape index (κ1) is 17.2. The van der Waals surface area contributed by atoms with E-state index in [0.29, 0.717) is 24.4 Å². The van der Waals surface area contributed by atoms with Gasteiger partial charge in [-0.1, -0.05) is 24.3 Å². The molecule has 1 aliphatic rings. The molecule has 2 aromatic rings. The van der Waals surface area contributed by atoms with Gasteiger partial charge in [0.25, 0.3) is 10.0 Å². The molecule has 0 aromatic heterocycles. The number of hydrogen-bond donors (Lipinski definition) is 2. The minimum atomic E-state index is -3.67. The second-order valence-electron chi connectivity index (χ2n) is 5.91. The van der Waals surface area contributed by atoms with Crippen molar-refractivity contribution in [1.82, 2.24) is 0 Å². The predicted molar refractivity (Wildman–Crippen MR) is 98.3 cm³/mol. The van der Waals surface area contributed by atoms with Gasteiger partial charge in [-0.3, -0.25) is 4.79 Å². The highest BCUT2D eigenvalue weighted by atomic mass is 32.2. The van der Waals surface area contributed by atoms with Crippen molar-refractivity contribution >= 4 is 33.1 Å². The molecule has 7 heteroatoms. The number of amides is 1. The van der Waals surface area contributed by atoms with E-state index in [1.807, 2.05) is 31.2 Å². The second-order valence-corrected chi connectivity index (χ2v) is 7.48. The summed E-state index contributed by atoms with van der Waals surface area (Å²) < 4.78 is 28.1. The van der Waals surface area contributed by atoms with Gasteiger partial charge < -0.3 is 10.6 Å². The zero-order chi connectivity index (χ0) is 17.9. The fourth-order valence-electron chi connectivity index (χ4n) is 2.64. The Hall–Kier alpha value is -2.67. The molecule has 25 heavy (non-hydrogen) atoms. The molecule has 3 rings (SSSR count). The molecule has 2 aromatic carbocycles. The van der Waals surface area contributed by atoms with E-state index in [1.165, 1.54) is 6.07 Å². The van der Waals surface area contributed by atoms with Crippen LogP contribution >= 0.6 is 0 Å². The van der Waals surface area contributed by atoms with Gasteiger partial charge in [-0.05, 0) is 43.2 Å². The van der Waals surface area contributed by atoms with Gasteiger partial charge in [0.05, 0.1) is 5.69 Å². The van der Waals surface area contributed by atoms with Crippen LogP contribution < -0.4 is 10.6 Å². The van der Waals surface area contributed by atoms with Gasteiger partial charge in [0, 0.05) is 18.5 Å². The second kappa shape index (κ2) is 7.06. The fourth-order valence-corrected chi connectivity index (χ4v) is 3.81. The Kier molecular flexibility index (Phi) is 4.85. The number of aryl methyl sites for hydroxylation is 1. The van der Waals surface area contributed by atoms with E-state index < -0.39 is 10.0 Å². The largest absolute Gasteiger partial charge is 0.342 e. The summed E-state index contributed by atoms with van der Waals surface area (Å²) in [5, 5.41) is 5.86. The van der Waals surface area contributed by atoms with Crippen LogP contribution in [0.1, 0.15) is 24.8 Å². The summed E-state index contributed by atoms with van der Waals surface area (Å²) in [6, 6.07) is 14.2. The molecule has 1 amide bonds. The highest BCUT2D eigenvalue weighted by Gasteiger charge is 2.23. The number of nitrogens with zero attached hydrogens (tertiary/aromatic N) is 1. The van der Waals surface area contributed by atoms with E-state index in [9.17, 15) is 13.2 Å². The Bertz CT molecular complexity index is 936. The van der Waals surface area contributed by atoms with Crippen LogP contribution in [0.2, 0.25) is 0 Å². The third-order valence-electron chi connectivity index (χ3n) is 3.79. The minimum Gasteiger partial charge on any atom is -0.342 e. The van der Waals surface area contributed by atoms with Gasteiger partial charge in [-0.15, -0.1) is 4.40 Å². The van der Waals surface area contributed by atoms with Crippen LogP contribution in [0, 0.1) is 6.92 Å². The lowest BCUT2D eigenvalue weighted by molar-refractivity contribution is -0.116. The van der Waals surface area contributed by atoms with E-state index in [-0.39, 0.29) is 17.2 Å². The normalized spacial score (nSPS) is 14.8. The molecule has 1 aliphatic heterocycles. The Labute approximate surface area is 147 Å². The summed E-state index contributed by atoms with van der Waals surface area (Å²) in [6.45, 7) is 1.96. The van der Waals surface area contributed by atoms with Crippen molar-refractivity contribution < 1.29 is 13.2 Å². The number of carbonyl (C=O) groups is 1. The molecule has 2 N–H and O–H groups in total. The van der Waals surface area contributed by atoms with Crippen molar-refractivity contribution in [2.45, 2.75) is 31.1 Å². The van der Waals surface area contributed by atoms with E-state index in [4.69, 9.17) is 0 Å². The predicted octanol–water partition coefficient (Wildman–Crippen LogP) is 3.32. The monoisotopic (exact) mass is 357 g/mol. The first-order chi connectivity index (χ1) is 11.9. The van der Waals surface area contributed by atoms with Crippen molar-refractivity contribution in [3.05, 3.63) is 54.1 Å². The van der Waals surface area contributed by atoms with E-state index >= 15 is 0 Å². The van der Waals surface area contributed by atoms with Crippen molar-refractivity contribution in [2.24, 2.45) is 4.40 Å². The first-order valence-electron chi connectivity index (χ1n) is 8.00. The molecule has 130 valence electrons. The maximum absolute atomic E-state index is 12.1. The van der Waals surface area contributed by atoms with Crippen LogP contribution in [-0.4, -0.2) is 20.2 Å². The number of amidine groups is 1. The summed E-state index contributed by atoms with van der Waals surface area (Å²) in [4.78, 5) is 12.2. The number of carbonyl (C=O) groups excluding carboxylic acids is 1. The summed E-state index contributed by atoms with van der Waals surface area (Å²) in [5.74, 6) is 0.257. The molecular weight excluding hydrogens is 338 g/mol. The third kappa shape index (κ3) is 4.24. The number of fused-ring (bicyclic) bond motifs is 1. The molecule has 0 spiro atoms. The molecule has 0 radical (unpaired) electrons. The van der Waals surface area contributed by atoms with Gasteiger partial charge in [0.15, 0.2) is 0 Å². The fraction of sp³-hybridized carbons (Fsp3) is 0.222. The number of rotatable bonds is 5. The summed E-state index contributed by atoms with van der Waals surface area (Å²) >= 11 is 0. The molecule has 0 saturated heterocycles. The van der Waals surface area contributed by atoms with Gasteiger partial charge in [0.2, 0.25) is 5.91 Å². The van der Waals surface area contributed by atoms with E-state index in [1.54, 1.807) is 18.2 Å². The molecule has 0 fully saturated rings. The van der Waals surface area contributed by atoms with Crippen LogP contribution in [-0.2, 0) is 14.8 Å². The van der Waals surface area contributed by atoms with Gasteiger partial charge in [-0.25, -0.2) is 0 Å². The average Bonchev–Trinajstić information content (AvgIpc) is 2.54. The average molecular weight is 357 g/mol. The van der Waals surface area contributed by atoms with Crippen LogP contribution in [0.3, 0.4) is 0 Å². The zero-order valence-corrected chi connectivity index (χ0v) is 14.6. The van der Waals surface area contributed by atoms with Crippen molar-refractivity contribution in [3.8, 4) is 0 Å². The third-order valence-corrected chi connectivity index (χ3v) is 5.17. The molecule has 0 aliphatic carbocycles. The highest BCUT2D eigenvalue weighted by Crippen LogP contribution is 2.27. The zero-order valence-electron chi connectivity index (χ0n) is 13.8. The Morgan fingerprint density at radius 3 is 2.76 bits per heavy atom. The van der Waals surface area contributed by atoms with Crippen LogP contribution in [0.15, 0.2) is 57.8 Å². The highest BCUT2D eigenvalue weighted by molar-refractivity contribution is 7.90. The summed E-state index contributed by atoms with van der Waals surface area (Å²) in [7, 11) is -3.67. The minimum absolute atomic E-state index is 0.106. The van der Waals surface area contributed by atoms with Crippen molar-refractivity contribution in [2.75, 3.05) is 10.6 Å². The van der Waals surface area contributed by atoms with Crippen LogP contribution in [0.5, 0.6) is 0 Å². The molecular formula is C18H19N3O3S. The molecule has 0 bridgehead atoms. The van der Waals surface area contributed by atoms with Crippen LogP contribution in [0.25, 0.3) is 0 Å². The Morgan fingerprint density at radius 2 is 1.96 bits per heavy atom. The van der Waals surface area contributed by atoms with E-state index in [0.717, 1.165) is 11.3 Å². The smallest absolute Gasteiger partial charge is 0.286 e. The van der Waals surface area contributed by atoms with Gasteiger partial charge >= 0.3 is 0 Å². The lowest BCUT2D eigenvalue weighted by Crippen LogP contribution is -2.22. The lowest BCUT2D eigenvalue weighted by atomic mass is 10.2. The van der Waals surface area contributed by atoms with Crippen LogP contribution in [0.4, 0.5) is 11.4 Å². The molecule has 0 saturated carbocycles. The topological polar surface area (TPSA) is 87.6 Å². The number of nitrogens with one attached hydrogen (secondary N) is 2. The number of anilines is 2. The molecule has 0 atom stereocenters. The summed E-state index contributed by atoms with van der Waals surface area (Å²) in [5.41, 5.74) is 2.36. The number of para-hydroxylation sites is 1. The summed E-state index contributed by atoms with van der Waals surface area (Å²) in [6.07, 6.45) is 1.17. The number of benzene rings is 2. The lowest BCUT2D eigenvalue weighted by Gasteiger charge is -2.17. The maximum atomic E-state index is 12.1. The van der Waals surface area contributed by atoms with Crippen molar-refractivity contribution in [1.29, 1.82) is 0 Å². The first-order valence-corrected chi connectivity index (χ1v) is 9.44. The number of sulfonamides is 1. The SMILES string of the molecule is Cc1cccc(NC(=O)CCCC2=NS(=O)(=O)c3ccccc3N2)c1. The number of hydrogen-bond acceptors (Lipinski definition) is 4. The molecule has 1 heterocycles. The maximum Gasteiger partial charge on any atom is 0.286 e.